The highest BCUT2D eigenvalue weighted by molar-refractivity contribution is 6.31. The molecule has 0 aliphatic carbocycles. The number of hydrogen-bond donors (Lipinski definition) is 1. The number of carbonyl (C=O) groups is 2. The van der Waals surface area contributed by atoms with Gasteiger partial charge in [-0.15, -0.1) is 0 Å². The summed E-state index contributed by atoms with van der Waals surface area (Å²) in [5.41, 5.74) is 2.95. The molecule has 0 bridgehead atoms. The maximum atomic E-state index is 13.6. The summed E-state index contributed by atoms with van der Waals surface area (Å²) in [6.07, 6.45) is 3.17. The van der Waals surface area contributed by atoms with Crippen LogP contribution in [0.15, 0.2) is 84.9 Å². The molecule has 3 rings (SSSR count). The average molecular weight is 477 g/mol. The van der Waals surface area contributed by atoms with Crippen molar-refractivity contribution in [3.63, 3.8) is 0 Å². The number of carbonyl (C=O) groups excluding carboxylic acids is 2. The van der Waals surface area contributed by atoms with Crippen molar-refractivity contribution in [3.05, 3.63) is 107 Å². The summed E-state index contributed by atoms with van der Waals surface area (Å²) >= 11 is 6.32. The third-order valence-electron chi connectivity index (χ3n) is 5.86. The fourth-order valence-corrected chi connectivity index (χ4v) is 4.16. The van der Waals surface area contributed by atoms with E-state index < -0.39 is 6.04 Å². The summed E-state index contributed by atoms with van der Waals surface area (Å²) in [5.74, 6) is -0.172. The van der Waals surface area contributed by atoms with Gasteiger partial charge in [-0.05, 0) is 35.6 Å². The highest BCUT2D eigenvalue weighted by atomic mass is 35.5. The van der Waals surface area contributed by atoms with Crippen LogP contribution in [0, 0.1) is 0 Å². The van der Waals surface area contributed by atoms with Crippen LogP contribution in [0.4, 0.5) is 0 Å². The monoisotopic (exact) mass is 476 g/mol. The van der Waals surface area contributed by atoms with E-state index >= 15 is 0 Å². The van der Waals surface area contributed by atoms with E-state index in [-0.39, 0.29) is 18.2 Å². The van der Waals surface area contributed by atoms with Crippen LogP contribution < -0.4 is 5.32 Å². The molecule has 0 saturated heterocycles. The van der Waals surface area contributed by atoms with E-state index in [2.05, 4.69) is 12.2 Å². The van der Waals surface area contributed by atoms with Gasteiger partial charge in [-0.3, -0.25) is 9.59 Å². The van der Waals surface area contributed by atoms with Crippen molar-refractivity contribution < 1.29 is 9.59 Å². The Morgan fingerprint density at radius 1 is 0.882 bits per heavy atom. The molecule has 1 N–H and O–H groups in total. The van der Waals surface area contributed by atoms with Gasteiger partial charge in [-0.25, -0.2) is 0 Å². The van der Waals surface area contributed by atoms with Crippen molar-refractivity contribution in [1.82, 2.24) is 10.2 Å². The molecule has 1 atom stereocenters. The molecule has 0 saturated carbocycles. The Morgan fingerprint density at radius 3 is 2.15 bits per heavy atom. The Bertz CT molecular complexity index is 1040. The summed E-state index contributed by atoms with van der Waals surface area (Å²) in [5, 5.41) is 3.71. The smallest absolute Gasteiger partial charge is 0.243 e. The molecule has 34 heavy (non-hydrogen) atoms. The molecule has 0 radical (unpaired) electrons. The first-order chi connectivity index (χ1) is 16.6. The second-order valence-corrected chi connectivity index (χ2v) is 8.86. The molecule has 0 unspecified atom stereocenters. The first kappa shape index (κ1) is 25.5. The standard InChI is InChI=1S/C29H33ClN2O2/c1-2-3-20-31-29(34)27(21-23-12-6-4-7-13-23)32(22-24-14-8-5-9-15-24)28(33)19-18-25-16-10-11-17-26(25)30/h4-17,27H,2-3,18-22H2,1H3,(H,31,34)/t27-/m0/s1. The van der Waals surface area contributed by atoms with Crippen molar-refractivity contribution in [3.8, 4) is 0 Å². The number of nitrogens with one attached hydrogen (secondary N) is 1. The Kier molecular flexibility index (Phi) is 10.2. The number of amides is 2. The molecule has 3 aromatic carbocycles. The SMILES string of the molecule is CCCCNC(=O)[C@H](Cc1ccccc1)N(Cc1ccccc1)C(=O)CCc1ccccc1Cl. The van der Waals surface area contributed by atoms with Gasteiger partial charge in [-0.2, -0.15) is 0 Å². The van der Waals surface area contributed by atoms with E-state index in [0.29, 0.717) is 31.0 Å². The molecule has 2 amide bonds. The van der Waals surface area contributed by atoms with Crippen LogP contribution in [0.3, 0.4) is 0 Å². The summed E-state index contributed by atoms with van der Waals surface area (Å²) in [6.45, 7) is 3.07. The number of benzene rings is 3. The lowest BCUT2D eigenvalue weighted by Gasteiger charge is -2.31. The Balaban J connectivity index is 1.86. The lowest BCUT2D eigenvalue weighted by molar-refractivity contribution is -0.141. The Labute approximate surface area is 207 Å². The molecule has 5 heteroatoms. The van der Waals surface area contributed by atoms with Crippen LogP contribution in [0.1, 0.15) is 42.9 Å². The van der Waals surface area contributed by atoms with Crippen molar-refractivity contribution in [2.24, 2.45) is 0 Å². The summed E-state index contributed by atoms with van der Waals surface area (Å²) in [4.78, 5) is 28.7. The Hall–Kier alpha value is -3.11. The van der Waals surface area contributed by atoms with Crippen molar-refractivity contribution >= 4 is 23.4 Å². The number of rotatable bonds is 12. The predicted molar refractivity (Wildman–Crippen MR) is 139 cm³/mol. The van der Waals surface area contributed by atoms with Crippen LogP contribution >= 0.6 is 11.6 Å². The van der Waals surface area contributed by atoms with E-state index in [1.54, 1.807) is 4.90 Å². The van der Waals surface area contributed by atoms with E-state index in [0.717, 1.165) is 29.5 Å². The molecule has 0 heterocycles. The lowest BCUT2D eigenvalue weighted by atomic mass is 10.0. The molecule has 0 aromatic heterocycles. The molecule has 0 fully saturated rings. The minimum absolute atomic E-state index is 0.0599. The molecule has 178 valence electrons. The number of hydrogen-bond acceptors (Lipinski definition) is 2. The third kappa shape index (κ3) is 7.74. The minimum Gasteiger partial charge on any atom is -0.354 e. The van der Waals surface area contributed by atoms with Crippen LogP contribution in [-0.2, 0) is 29.0 Å². The van der Waals surface area contributed by atoms with E-state index in [1.807, 2.05) is 84.9 Å². The van der Waals surface area contributed by atoms with Crippen LogP contribution in [0.5, 0.6) is 0 Å². The summed E-state index contributed by atoms with van der Waals surface area (Å²) in [7, 11) is 0. The van der Waals surface area contributed by atoms with Gasteiger partial charge < -0.3 is 10.2 Å². The van der Waals surface area contributed by atoms with Crippen LogP contribution in [0.25, 0.3) is 0 Å². The second kappa shape index (κ2) is 13.6. The van der Waals surface area contributed by atoms with Gasteiger partial charge >= 0.3 is 0 Å². The highest BCUT2D eigenvalue weighted by Crippen LogP contribution is 2.20. The number of aryl methyl sites for hydroxylation is 1. The first-order valence-electron chi connectivity index (χ1n) is 12.0. The Morgan fingerprint density at radius 2 is 1.50 bits per heavy atom. The van der Waals surface area contributed by atoms with Crippen LogP contribution in [-0.4, -0.2) is 29.3 Å². The highest BCUT2D eigenvalue weighted by Gasteiger charge is 2.30. The fourth-order valence-electron chi connectivity index (χ4n) is 3.93. The molecular formula is C29H33ClN2O2. The number of unbranched alkanes of at least 4 members (excludes halogenated alkanes) is 1. The topological polar surface area (TPSA) is 49.4 Å². The molecular weight excluding hydrogens is 444 g/mol. The molecule has 3 aromatic rings. The minimum atomic E-state index is -0.599. The third-order valence-corrected chi connectivity index (χ3v) is 6.23. The largest absolute Gasteiger partial charge is 0.354 e. The van der Waals surface area contributed by atoms with Crippen LogP contribution in [0.2, 0.25) is 5.02 Å². The predicted octanol–water partition coefficient (Wildman–Crippen LogP) is 5.83. The van der Waals surface area contributed by atoms with Gasteiger partial charge in [0.25, 0.3) is 0 Å². The van der Waals surface area contributed by atoms with E-state index in [4.69, 9.17) is 11.6 Å². The molecule has 0 spiro atoms. The number of nitrogens with zero attached hydrogens (tertiary/aromatic N) is 1. The molecule has 0 aliphatic rings. The van der Waals surface area contributed by atoms with Gasteiger partial charge in [0.15, 0.2) is 0 Å². The molecule has 0 aliphatic heterocycles. The quantitative estimate of drug-likeness (QED) is 0.334. The van der Waals surface area contributed by atoms with Gasteiger partial charge in [0.2, 0.25) is 11.8 Å². The average Bonchev–Trinajstić information content (AvgIpc) is 2.87. The fraction of sp³-hybridized carbons (Fsp3) is 0.310. The van der Waals surface area contributed by atoms with Crippen molar-refractivity contribution in [1.29, 1.82) is 0 Å². The van der Waals surface area contributed by atoms with E-state index in [1.165, 1.54) is 0 Å². The van der Waals surface area contributed by atoms with Crippen molar-refractivity contribution in [2.45, 2.75) is 51.6 Å². The summed E-state index contributed by atoms with van der Waals surface area (Å²) < 4.78 is 0. The van der Waals surface area contributed by atoms with Crippen molar-refractivity contribution in [2.75, 3.05) is 6.54 Å². The zero-order valence-corrected chi connectivity index (χ0v) is 20.5. The molecule has 4 nitrogen and oxygen atoms in total. The summed E-state index contributed by atoms with van der Waals surface area (Å²) in [6, 6.07) is 26.7. The maximum Gasteiger partial charge on any atom is 0.243 e. The zero-order chi connectivity index (χ0) is 24.2. The van der Waals surface area contributed by atoms with Gasteiger partial charge in [0.1, 0.15) is 6.04 Å². The van der Waals surface area contributed by atoms with Gasteiger partial charge in [0.05, 0.1) is 0 Å². The first-order valence-corrected chi connectivity index (χ1v) is 12.3. The van der Waals surface area contributed by atoms with E-state index in [9.17, 15) is 9.59 Å². The van der Waals surface area contributed by atoms with Gasteiger partial charge in [0, 0.05) is 31.0 Å². The van der Waals surface area contributed by atoms with Gasteiger partial charge in [-0.1, -0.05) is 104 Å². The lowest BCUT2D eigenvalue weighted by Crippen LogP contribution is -2.50. The second-order valence-electron chi connectivity index (χ2n) is 8.45. The number of halogens is 1. The normalized spacial score (nSPS) is 11.6. The maximum absolute atomic E-state index is 13.6. The zero-order valence-electron chi connectivity index (χ0n) is 19.8.